The Morgan fingerprint density at radius 1 is 1.60 bits per heavy atom. The van der Waals surface area contributed by atoms with Crippen LogP contribution in [0.2, 0.25) is 0 Å². The fourth-order valence-electron chi connectivity index (χ4n) is 1.13. The van der Waals surface area contributed by atoms with E-state index < -0.39 is 5.97 Å². The second kappa shape index (κ2) is 3.77. The van der Waals surface area contributed by atoms with Crippen LogP contribution in [0, 0.1) is 6.92 Å². The zero-order valence-electron chi connectivity index (χ0n) is 7.89. The number of carboxylic acid groups (broad SMARTS) is 1. The van der Waals surface area contributed by atoms with E-state index in [-0.39, 0.29) is 6.54 Å². The van der Waals surface area contributed by atoms with E-state index in [0.29, 0.717) is 5.95 Å². The number of fused-ring (bicyclic) bond motifs is 1. The quantitative estimate of drug-likeness (QED) is 0.805. The second-order valence-corrected chi connectivity index (χ2v) is 3.72. The van der Waals surface area contributed by atoms with Gasteiger partial charge in [0.2, 0.25) is 5.95 Å². The summed E-state index contributed by atoms with van der Waals surface area (Å²) in [4.78, 5) is 23.4. The highest BCUT2D eigenvalue weighted by Crippen LogP contribution is 2.18. The molecule has 0 aliphatic rings. The lowest BCUT2D eigenvalue weighted by Crippen LogP contribution is -2.14. The van der Waals surface area contributed by atoms with E-state index in [1.165, 1.54) is 11.3 Å². The van der Waals surface area contributed by atoms with Gasteiger partial charge in [0.25, 0.3) is 0 Å². The normalized spacial score (nSPS) is 10.5. The molecule has 6 nitrogen and oxygen atoms in total. The van der Waals surface area contributed by atoms with Crippen LogP contribution in [-0.4, -0.2) is 32.6 Å². The average Bonchev–Trinajstić information content (AvgIpc) is 2.63. The van der Waals surface area contributed by atoms with E-state index in [1.807, 2.05) is 6.92 Å². The molecule has 15 heavy (non-hydrogen) atoms. The van der Waals surface area contributed by atoms with Gasteiger partial charge in [-0.05, 0) is 6.92 Å². The molecule has 0 radical (unpaired) electrons. The Morgan fingerprint density at radius 3 is 3.13 bits per heavy atom. The fourth-order valence-corrected chi connectivity index (χ4v) is 1.84. The molecule has 2 aromatic rings. The third-order valence-corrected chi connectivity index (χ3v) is 2.49. The van der Waals surface area contributed by atoms with Crippen molar-refractivity contribution in [2.45, 2.75) is 6.92 Å². The molecule has 0 aliphatic carbocycles. The van der Waals surface area contributed by atoms with Crippen LogP contribution in [0.1, 0.15) is 5.69 Å². The Balaban J connectivity index is 2.32. The standard InChI is InChI=1S/C8H8N4O2S/c1-4-6-7(15-3-10-6)12-8(11-4)9-2-5(13)14/h3H,2H2,1H3,(H,13,14)(H,9,11,12). The number of hydrogen-bond donors (Lipinski definition) is 2. The van der Waals surface area contributed by atoms with Gasteiger partial charge in [0.15, 0.2) is 0 Å². The average molecular weight is 224 g/mol. The highest BCUT2D eigenvalue weighted by atomic mass is 32.1. The summed E-state index contributed by atoms with van der Waals surface area (Å²) in [5, 5.41) is 11.1. The van der Waals surface area contributed by atoms with Crippen molar-refractivity contribution in [1.82, 2.24) is 15.0 Å². The molecular formula is C8H8N4O2S. The van der Waals surface area contributed by atoms with Crippen LogP contribution < -0.4 is 5.32 Å². The number of aryl methyl sites for hydroxylation is 1. The first-order chi connectivity index (χ1) is 7.16. The van der Waals surface area contributed by atoms with Crippen LogP contribution in [0.25, 0.3) is 10.3 Å². The first-order valence-electron chi connectivity index (χ1n) is 4.20. The van der Waals surface area contributed by atoms with Gasteiger partial charge in [-0.3, -0.25) is 4.79 Å². The van der Waals surface area contributed by atoms with Crippen molar-refractivity contribution in [3.8, 4) is 0 Å². The van der Waals surface area contributed by atoms with Gasteiger partial charge >= 0.3 is 5.97 Å². The molecule has 78 valence electrons. The Kier molecular flexibility index (Phi) is 2.46. The molecule has 7 heteroatoms. The van der Waals surface area contributed by atoms with Gasteiger partial charge < -0.3 is 10.4 Å². The predicted molar refractivity (Wildman–Crippen MR) is 56.1 cm³/mol. The van der Waals surface area contributed by atoms with Crippen molar-refractivity contribution < 1.29 is 9.90 Å². The molecule has 0 fully saturated rings. The van der Waals surface area contributed by atoms with E-state index in [4.69, 9.17) is 5.11 Å². The van der Waals surface area contributed by atoms with E-state index >= 15 is 0 Å². The van der Waals surface area contributed by atoms with E-state index in [2.05, 4.69) is 20.3 Å². The summed E-state index contributed by atoms with van der Waals surface area (Å²) in [6.45, 7) is 1.62. The van der Waals surface area contributed by atoms with Crippen LogP contribution in [0.5, 0.6) is 0 Å². The summed E-state index contributed by atoms with van der Waals surface area (Å²) in [7, 11) is 0. The minimum Gasteiger partial charge on any atom is -0.480 e. The maximum atomic E-state index is 10.3. The number of anilines is 1. The fraction of sp³-hybridized carbons (Fsp3) is 0.250. The van der Waals surface area contributed by atoms with Gasteiger partial charge in [-0.2, -0.15) is 0 Å². The number of aromatic nitrogens is 3. The molecule has 2 rings (SSSR count). The Morgan fingerprint density at radius 2 is 2.40 bits per heavy atom. The molecular weight excluding hydrogens is 216 g/mol. The number of rotatable bonds is 3. The van der Waals surface area contributed by atoms with E-state index in [1.54, 1.807) is 5.51 Å². The summed E-state index contributed by atoms with van der Waals surface area (Å²) in [6.07, 6.45) is 0. The second-order valence-electron chi connectivity index (χ2n) is 2.89. The van der Waals surface area contributed by atoms with Gasteiger partial charge in [0.05, 0.1) is 11.2 Å². The summed E-state index contributed by atoms with van der Waals surface area (Å²) in [5.74, 6) is -0.618. The molecule has 2 N–H and O–H groups in total. The molecule has 0 aromatic carbocycles. The molecule has 0 saturated carbocycles. The Hall–Kier alpha value is -1.76. The van der Waals surface area contributed by atoms with Crippen LogP contribution in [0.15, 0.2) is 5.51 Å². The molecule has 0 saturated heterocycles. The first-order valence-corrected chi connectivity index (χ1v) is 5.08. The molecule has 2 aromatic heterocycles. The van der Waals surface area contributed by atoms with Crippen LogP contribution >= 0.6 is 11.3 Å². The molecule has 0 spiro atoms. The zero-order chi connectivity index (χ0) is 10.8. The van der Waals surface area contributed by atoms with Crippen molar-refractivity contribution in [2.75, 3.05) is 11.9 Å². The number of nitrogens with zero attached hydrogens (tertiary/aromatic N) is 3. The number of carbonyl (C=O) groups is 1. The lowest BCUT2D eigenvalue weighted by molar-refractivity contribution is -0.134. The molecule has 0 bridgehead atoms. The Labute approximate surface area is 89.0 Å². The van der Waals surface area contributed by atoms with Crippen LogP contribution in [0.4, 0.5) is 5.95 Å². The van der Waals surface area contributed by atoms with E-state index in [0.717, 1.165) is 16.0 Å². The maximum Gasteiger partial charge on any atom is 0.322 e. The molecule has 0 aliphatic heterocycles. The number of nitrogens with one attached hydrogen (secondary N) is 1. The Bertz CT molecular complexity index is 510. The largest absolute Gasteiger partial charge is 0.480 e. The highest BCUT2D eigenvalue weighted by Gasteiger charge is 2.07. The van der Waals surface area contributed by atoms with Crippen molar-refractivity contribution in [2.24, 2.45) is 0 Å². The third kappa shape index (κ3) is 2.01. The van der Waals surface area contributed by atoms with Crippen molar-refractivity contribution in [3.63, 3.8) is 0 Å². The smallest absolute Gasteiger partial charge is 0.322 e. The SMILES string of the molecule is Cc1nc(NCC(=O)O)nc2scnc12. The van der Waals surface area contributed by atoms with Gasteiger partial charge in [-0.15, -0.1) is 11.3 Å². The van der Waals surface area contributed by atoms with Gasteiger partial charge in [-0.25, -0.2) is 15.0 Å². The minimum absolute atomic E-state index is 0.191. The van der Waals surface area contributed by atoms with Crippen molar-refractivity contribution in [3.05, 3.63) is 11.2 Å². The summed E-state index contributed by atoms with van der Waals surface area (Å²) in [6, 6.07) is 0. The maximum absolute atomic E-state index is 10.3. The van der Waals surface area contributed by atoms with Crippen molar-refractivity contribution >= 4 is 33.6 Å². The summed E-state index contributed by atoms with van der Waals surface area (Å²) in [5.41, 5.74) is 3.20. The summed E-state index contributed by atoms with van der Waals surface area (Å²) >= 11 is 1.40. The topological polar surface area (TPSA) is 88.0 Å². The monoisotopic (exact) mass is 224 g/mol. The summed E-state index contributed by atoms with van der Waals surface area (Å²) < 4.78 is 0. The number of hydrogen-bond acceptors (Lipinski definition) is 6. The van der Waals surface area contributed by atoms with Gasteiger partial charge in [0, 0.05) is 0 Å². The molecule has 0 amide bonds. The molecule has 2 heterocycles. The third-order valence-electron chi connectivity index (χ3n) is 1.77. The molecule has 0 unspecified atom stereocenters. The number of carboxylic acids is 1. The van der Waals surface area contributed by atoms with E-state index in [9.17, 15) is 4.79 Å². The minimum atomic E-state index is -0.944. The number of thiazole rings is 1. The van der Waals surface area contributed by atoms with Crippen LogP contribution in [0.3, 0.4) is 0 Å². The highest BCUT2D eigenvalue weighted by molar-refractivity contribution is 7.16. The number of aliphatic carboxylic acids is 1. The van der Waals surface area contributed by atoms with Crippen LogP contribution in [-0.2, 0) is 4.79 Å². The first kappa shape index (κ1) is 9.78. The predicted octanol–water partition coefficient (Wildman–Crippen LogP) is 0.891. The lowest BCUT2D eigenvalue weighted by Gasteiger charge is -2.02. The van der Waals surface area contributed by atoms with Gasteiger partial charge in [-0.1, -0.05) is 0 Å². The molecule has 0 atom stereocenters. The zero-order valence-corrected chi connectivity index (χ0v) is 8.71. The van der Waals surface area contributed by atoms with Gasteiger partial charge in [0.1, 0.15) is 16.9 Å². The lowest BCUT2D eigenvalue weighted by atomic mass is 10.4. The van der Waals surface area contributed by atoms with Crippen molar-refractivity contribution in [1.29, 1.82) is 0 Å².